The highest BCUT2D eigenvalue weighted by Gasteiger charge is 2.20. The van der Waals surface area contributed by atoms with Crippen molar-refractivity contribution in [2.24, 2.45) is 0 Å². The Morgan fingerprint density at radius 3 is 2.67 bits per heavy atom. The molecule has 0 unspecified atom stereocenters. The van der Waals surface area contributed by atoms with Crippen LogP contribution < -0.4 is 5.56 Å². The summed E-state index contributed by atoms with van der Waals surface area (Å²) in [5.74, 6) is -0.0632. The van der Waals surface area contributed by atoms with Crippen LogP contribution in [0.15, 0.2) is 35.1 Å². The predicted octanol–water partition coefficient (Wildman–Crippen LogP) is 3.18. The Morgan fingerprint density at radius 2 is 1.95 bits per heavy atom. The van der Waals surface area contributed by atoms with Gasteiger partial charge in [-0.2, -0.15) is 0 Å². The highest BCUT2D eigenvalue weighted by Crippen LogP contribution is 2.23. The van der Waals surface area contributed by atoms with Crippen LogP contribution in [0.2, 0.25) is 5.02 Å². The number of carbonyl (C=O) groups excluding carboxylic acids is 1. The molecule has 1 heterocycles. The summed E-state index contributed by atoms with van der Waals surface area (Å²) in [5.41, 5.74) is 3.80. The van der Waals surface area contributed by atoms with Crippen LogP contribution in [0.1, 0.15) is 33.6 Å². The van der Waals surface area contributed by atoms with Crippen molar-refractivity contribution >= 4 is 17.4 Å². The van der Waals surface area contributed by atoms with E-state index in [-0.39, 0.29) is 17.9 Å². The SMILES string of the molecule is Cc1cc(=O)n(CC(=O)c2ccc(Cl)cc2)c2c1CCC2. The number of benzene rings is 1. The Kier molecular flexibility index (Phi) is 3.68. The molecule has 3 nitrogen and oxygen atoms in total. The van der Waals surface area contributed by atoms with Gasteiger partial charge in [-0.1, -0.05) is 11.6 Å². The van der Waals surface area contributed by atoms with E-state index in [9.17, 15) is 9.59 Å². The maximum Gasteiger partial charge on any atom is 0.251 e. The second-order valence-electron chi connectivity index (χ2n) is 5.46. The van der Waals surface area contributed by atoms with Gasteiger partial charge < -0.3 is 4.57 Å². The van der Waals surface area contributed by atoms with E-state index in [0.717, 1.165) is 30.5 Å². The van der Waals surface area contributed by atoms with Crippen molar-refractivity contribution in [3.63, 3.8) is 0 Å². The normalized spacial score (nSPS) is 13.2. The molecular weight excluding hydrogens is 286 g/mol. The molecule has 0 bridgehead atoms. The minimum Gasteiger partial charge on any atom is -0.305 e. The Bertz CT molecular complexity index is 760. The zero-order valence-corrected chi connectivity index (χ0v) is 12.6. The highest BCUT2D eigenvalue weighted by molar-refractivity contribution is 6.30. The fourth-order valence-electron chi connectivity index (χ4n) is 2.98. The van der Waals surface area contributed by atoms with Crippen LogP contribution >= 0.6 is 11.6 Å². The molecule has 0 amide bonds. The van der Waals surface area contributed by atoms with Crippen LogP contribution in [0.5, 0.6) is 0 Å². The third kappa shape index (κ3) is 2.66. The van der Waals surface area contributed by atoms with Gasteiger partial charge in [0.05, 0.1) is 6.54 Å². The van der Waals surface area contributed by atoms with Crippen molar-refractivity contribution in [2.45, 2.75) is 32.7 Å². The lowest BCUT2D eigenvalue weighted by atomic mass is 10.1. The summed E-state index contributed by atoms with van der Waals surface area (Å²) in [6, 6.07) is 8.42. The summed E-state index contributed by atoms with van der Waals surface area (Å²) in [7, 11) is 0. The van der Waals surface area contributed by atoms with Crippen LogP contribution in [-0.4, -0.2) is 10.4 Å². The summed E-state index contributed by atoms with van der Waals surface area (Å²) in [5, 5.41) is 0.597. The second kappa shape index (κ2) is 5.49. The molecule has 2 aromatic rings. The van der Waals surface area contributed by atoms with Crippen molar-refractivity contribution in [1.82, 2.24) is 4.57 Å². The Hall–Kier alpha value is -1.87. The molecule has 0 N–H and O–H groups in total. The van der Waals surface area contributed by atoms with Crippen molar-refractivity contribution in [3.8, 4) is 0 Å². The summed E-state index contributed by atoms with van der Waals surface area (Å²) < 4.78 is 1.63. The first-order valence-corrected chi connectivity index (χ1v) is 7.45. The molecule has 0 saturated heterocycles. The van der Waals surface area contributed by atoms with Gasteiger partial charge in [0.1, 0.15) is 0 Å². The van der Waals surface area contributed by atoms with Gasteiger partial charge in [0.25, 0.3) is 5.56 Å². The molecule has 1 aromatic carbocycles. The van der Waals surface area contributed by atoms with Gasteiger partial charge in [-0.05, 0) is 61.6 Å². The van der Waals surface area contributed by atoms with Gasteiger partial charge in [0.15, 0.2) is 5.78 Å². The monoisotopic (exact) mass is 301 g/mol. The number of rotatable bonds is 3. The lowest BCUT2D eigenvalue weighted by molar-refractivity contribution is 0.0970. The van der Waals surface area contributed by atoms with Crippen LogP contribution in [0, 0.1) is 6.92 Å². The van der Waals surface area contributed by atoms with Crippen molar-refractivity contribution in [2.75, 3.05) is 0 Å². The number of aromatic nitrogens is 1. The maximum absolute atomic E-state index is 12.4. The zero-order valence-electron chi connectivity index (χ0n) is 11.9. The van der Waals surface area contributed by atoms with Crippen molar-refractivity contribution < 1.29 is 4.79 Å². The third-order valence-electron chi connectivity index (χ3n) is 4.06. The molecule has 0 atom stereocenters. The highest BCUT2D eigenvalue weighted by atomic mass is 35.5. The lowest BCUT2D eigenvalue weighted by Crippen LogP contribution is -2.27. The van der Waals surface area contributed by atoms with E-state index < -0.39 is 0 Å². The van der Waals surface area contributed by atoms with E-state index in [2.05, 4.69) is 0 Å². The average molecular weight is 302 g/mol. The molecule has 21 heavy (non-hydrogen) atoms. The molecular formula is C17H16ClNO2. The number of halogens is 1. The topological polar surface area (TPSA) is 39.1 Å². The van der Waals surface area contributed by atoms with Gasteiger partial charge in [-0.25, -0.2) is 0 Å². The maximum atomic E-state index is 12.4. The summed E-state index contributed by atoms with van der Waals surface area (Å²) in [6.07, 6.45) is 2.92. The molecule has 4 heteroatoms. The van der Waals surface area contributed by atoms with Gasteiger partial charge in [-0.3, -0.25) is 9.59 Å². The fourth-order valence-corrected chi connectivity index (χ4v) is 3.10. The number of carbonyl (C=O) groups is 1. The number of fused-ring (bicyclic) bond motifs is 1. The molecule has 108 valence electrons. The van der Waals surface area contributed by atoms with Crippen LogP contribution in [0.25, 0.3) is 0 Å². The van der Waals surface area contributed by atoms with E-state index in [0.29, 0.717) is 10.6 Å². The first kappa shape index (κ1) is 14.1. The van der Waals surface area contributed by atoms with E-state index in [4.69, 9.17) is 11.6 Å². The number of Topliss-reactive ketones (excluding diaryl/α,β-unsaturated/α-hetero) is 1. The predicted molar refractivity (Wildman–Crippen MR) is 83.2 cm³/mol. The molecule has 1 aromatic heterocycles. The number of nitrogens with zero attached hydrogens (tertiary/aromatic N) is 1. The van der Waals surface area contributed by atoms with E-state index >= 15 is 0 Å². The van der Waals surface area contributed by atoms with Crippen LogP contribution in [-0.2, 0) is 19.4 Å². The number of pyridine rings is 1. The zero-order chi connectivity index (χ0) is 15.0. The number of aryl methyl sites for hydroxylation is 1. The molecule has 1 aliphatic carbocycles. The van der Waals surface area contributed by atoms with Crippen molar-refractivity contribution in [3.05, 3.63) is 68.1 Å². The largest absolute Gasteiger partial charge is 0.305 e. The quantitative estimate of drug-likeness (QED) is 0.817. The standard InChI is InChI=1S/C17H16ClNO2/c1-11-9-17(21)19(15-4-2-3-14(11)15)10-16(20)12-5-7-13(18)8-6-12/h5-9H,2-4,10H2,1H3. The lowest BCUT2D eigenvalue weighted by Gasteiger charge is -2.13. The first-order chi connectivity index (χ1) is 10.1. The number of hydrogen-bond donors (Lipinski definition) is 0. The second-order valence-corrected chi connectivity index (χ2v) is 5.90. The summed E-state index contributed by atoms with van der Waals surface area (Å²) in [4.78, 5) is 24.6. The minimum absolute atomic E-state index is 0.0632. The van der Waals surface area contributed by atoms with Gasteiger partial charge in [0.2, 0.25) is 0 Å². The first-order valence-electron chi connectivity index (χ1n) is 7.07. The van der Waals surface area contributed by atoms with Crippen LogP contribution in [0.3, 0.4) is 0 Å². The molecule has 1 aliphatic rings. The third-order valence-corrected chi connectivity index (χ3v) is 4.32. The van der Waals surface area contributed by atoms with Gasteiger partial charge in [0, 0.05) is 22.3 Å². The fraction of sp³-hybridized carbons (Fsp3) is 0.294. The molecule has 0 fully saturated rings. The smallest absolute Gasteiger partial charge is 0.251 e. The number of hydrogen-bond acceptors (Lipinski definition) is 2. The summed E-state index contributed by atoms with van der Waals surface area (Å²) in [6.45, 7) is 2.07. The van der Waals surface area contributed by atoms with E-state index in [1.807, 2.05) is 6.92 Å². The molecule has 0 saturated carbocycles. The molecule has 0 radical (unpaired) electrons. The summed E-state index contributed by atoms with van der Waals surface area (Å²) >= 11 is 5.83. The Balaban J connectivity index is 1.96. The van der Waals surface area contributed by atoms with E-state index in [1.165, 1.54) is 5.56 Å². The number of ketones is 1. The molecule has 3 rings (SSSR count). The Morgan fingerprint density at radius 1 is 1.24 bits per heavy atom. The molecule has 0 spiro atoms. The molecule has 0 aliphatic heterocycles. The average Bonchev–Trinajstić information content (AvgIpc) is 2.93. The van der Waals surface area contributed by atoms with E-state index in [1.54, 1.807) is 34.9 Å². The Labute approximate surface area is 128 Å². The minimum atomic E-state index is -0.0875. The van der Waals surface area contributed by atoms with Crippen LogP contribution in [0.4, 0.5) is 0 Å². The van der Waals surface area contributed by atoms with Crippen molar-refractivity contribution in [1.29, 1.82) is 0 Å². The van der Waals surface area contributed by atoms with Gasteiger partial charge >= 0.3 is 0 Å². The van der Waals surface area contributed by atoms with Gasteiger partial charge in [-0.15, -0.1) is 0 Å².